The van der Waals surface area contributed by atoms with Crippen LogP contribution in [0.25, 0.3) is 0 Å². The van der Waals surface area contributed by atoms with Crippen LogP contribution < -0.4 is 10.6 Å². The molecule has 0 aliphatic carbocycles. The number of carbonyl (C=O) groups excluding carboxylic acids is 1. The first-order valence-corrected chi connectivity index (χ1v) is 6.95. The summed E-state index contributed by atoms with van der Waals surface area (Å²) in [6, 6.07) is 3.84. The van der Waals surface area contributed by atoms with E-state index in [1.807, 2.05) is 13.8 Å². The normalized spacial score (nSPS) is 21.5. The van der Waals surface area contributed by atoms with Gasteiger partial charge in [0.05, 0.1) is 16.7 Å². The Morgan fingerprint density at radius 1 is 1.38 bits per heavy atom. The molecular formula is C15H20N2O4. The van der Waals surface area contributed by atoms with E-state index in [0.717, 1.165) is 13.0 Å². The lowest BCUT2D eigenvalue weighted by molar-refractivity contribution is -0.126. The number of carboxylic acids is 1. The van der Waals surface area contributed by atoms with Crippen molar-refractivity contribution in [2.75, 3.05) is 18.4 Å². The van der Waals surface area contributed by atoms with E-state index in [0.29, 0.717) is 6.54 Å². The van der Waals surface area contributed by atoms with Crippen LogP contribution in [0.2, 0.25) is 0 Å². The second kappa shape index (κ2) is 5.73. The molecule has 21 heavy (non-hydrogen) atoms. The minimum Gasteiger partial charge on any atom is -0.506 e. The van der Waals surface area contributed by atoms with Crippen LogP contribution in [0.4, 0.5) is 5.69 Å². The maximum atomic E-state index is 12.6. The van der Waals surface area contributed by atoms with Crippen molar-refractivity contribution in [3.8, 4) is 5.75 Å². The molecule has 1 amide bonds. The van der Waals surface area contributed by atoms with Gasteiger partial charge in [0, 0.05) is 6.54 Å². The first-order chi connectivity index (χ1) is 9.86. The molecule has 1 atom stereocenters. The highest BCUT2D eigenvalue weighted by molar-refractivity contribution is 5.98. The molecule has 0 radical (unpaired) electrons. The predicted molar refractivity (Wildman–Crippen MR) is 78.5 cm³/mol. The van der Waals surface area contributed by atoms with Crippen LogP contribution in [-0.2, 0) is 4.79 Å². The van der Waals surface area contributed by atoms with E-state index in [2.05, 4.69) is 10.6 Å². The minimum absolute atomic E-state index is 0.0197. The van der Waals surface area contributed by atoms with E-state index in [1.165, 1.54) is 18.2 Å². The van der Waals surface area contributed by atoms with Crippen LogP contribution in [-0.4, -0.2) is 35.2 Å². The van der Waals surface area contributed by atoms with Crippen molar-refractivity contribution in [3.63, 3.8) is 0 Å². The zero-order valence-electron chi connectivity index (χ0n) is 12.1. The number of hydrogen-bond acceptors (Lipinski definition) is 4. The maximum Gasteiger partial charge on any atom is 0.335 e. The number of aromatic carboxylic acids is 1. The summed E-state index contributed by atoms with van der Waals surface area (Å²) in [7, 11) is 0. The van der Waals surface area contributed by atoms with Crippen molar-refractivity contribution in [1.29, 1.82) is 0 Å². The van der Waals surface area contributed by atoms with Gasteiger partial charge in [0.2, 0.25) is 5.91 Å². The Morgan fingerprint density at radius 3 is 2.62 bits per heavy atom. The second-order valence-corrected chi connectivity index (χ2v) is 5.73. The van der Waals surface area contributed by atoms with Crippen LogP contribution >= 0.6 is 0 Å². The van der Waals surface area contributed by atoms with Gasteiger partial charge in [-0.05, 0) is 37.1 Å². The highest BCUT2D eigenvalue weighted by Gasteiger charge is 2.44. The number of phenolic OH excluding ortho intramolecular Hbond substituents is 1. The molecule has 1 aromatic rings. The van der Waals surface area contributed by atoms with Gasteiger partial charge in [-0.15, -0.1) is 0 Å². The molecule has 1 heterocycles. The number of phenols is 1. The summed E-state index contributed by atoms with van der Waals surface area (Å²) < 4.78 is 0. The van der Waals surface area contributed by atoms with Crippen molar-refractivity contribution in [3.05, 3.63) is 23.8 Å². The number of rotatable bonds is 4. The lowest BCUT2D eigenvalue weighted by Crippen LogP contribution is -2.42. The Balaban J connectivity index is 2.26. The van der Waals surface area contributed by atoms with Gasteiger partial charge >= 0.3 is 5.97 Å². The van der Waals surface area contributed by atoms with Gasteiger partial charge in [-0.3, -0.25) is 4.79 Å². The fourth-order valence-corrected chi connectivity index (χ4v) is 2.68. The van der Waals surface area contributed by atoms with E-state index in [4.69, 9.17) is 5.11 Å². The van der Waals surface area contributed by atoms with Crippen molar-refractivity contribution in [1.82, 2.24) is 5.32 Å². The van der Waals surface area contributed by atoms with E-state index >= 15 is 0 Å². The van der Waals surface area contributed by atoms with Gasteiger partial charge in [-0.1, -0.05) is 13.8 Å². The summed E-state index contributed by atoms with van der Waals surface area (Å²) in [5, 5.41) is 24.7. The summed E-state index contributed by atoms with van der Waals surface area (Å²) in [4.78, 5) is 23.6. The SMILES string of the molecule is CC(C)C1(C(=O)Nc2cc(C(=O)O)ccc2O)CCNC1. The molecule has 1 fully saturated rings. The molecule has 6 heteroatoms. The van der Waals surface area contributed by atoms with Gasteiger partial charge in [0.15, 0.2) is 0 Å². The highest BCUT2D eigenvalue weighted by Crippen LogP contribution is 2.36. The molecule has 2 rings (SSSR count). The highest BCUT2D eigenvalue weighted by atomic mass is 16.4. The lowest BCUT2D eigenvalue weighted by Gasteiger charge is -2.31. The zero-order chi connectivity index (χ0) is 15.6. The van der Waals surface area contributed by atoms with E-state index in [1.54, 1.807) is 0 Å². The molecule has 4 N–H and O–H groups in total. The van der Waals surface area contributed by atoms with Gasteiger partial charge < -0.3 is 20.8 Å². The zero-order valence-corrected chi connectivity index (χ0v) is 12.1. The smallest absolute Gasteiger partial charge is 0.335 e. The van der Waals surface area contributed by atoms with Crippen molar-refractivity contribution in [2.24, 2.45) is 11.3 Å². The maximum absolute atomic E-state index is 12.6. The van der Waals surface area contributed by atoms with Crippen molar-refractivity contribution < 1.29 is 19.8 Å². The third kappa shape index (κ3) is 2.85. The minimum atomic E-state index is -1.10. The fourth-order valence-electron chi connectivity index (χ4n) is 2.68. The molecule has 6 nitrogen and oxygen atoms in total. The summed E-state index contributed by atoms with van der Waals surface area (Å²) in [5.41, 5.74) is -0.385. The predicted octanol–water partition coefficient (Wildman–Crippen LogP) is 1.66. The number of carbonyl (C=O) groups is 2. The molecule has 0 saturated carbocycles. The lowest BCUT2D eigenvalue weighted by atomic mass is 9.75. The number of amides is 1. The Morgan fingerprint density at radius 2 is 2.10 bits per heavy atom. The van der Waals surface area contributed by atoms with Gasteiger partial charge in [-0.25, -0.2) is 4.79 Å². The third-order valence-corrected chi connectivity index (χ3v) is 4.24. The standard InChI is InChI=1S/C15H20N2O4/c1-9(2)15(5-6-16-8-15)14(21)17-11-7-10(13(19)20)3-4-12(11)18/h3-4,7,9,16,18H,5-6,8H2,1-2H3,(H,17,21)(H,19,20). The number of nitrogens with one attached hydrogen (secondary N) is 2. The van der Waals surface area contributed by atoms with Gasteiger partial charge in [0.1, 0.15) is 5.75 Å². The molecule has 1 aliphatic rings. The fraction of sp³-hybridized carbons (Fsp3) is 0.467. The first kappa shape index (κ1) is 15.3. The molecule has 0 spiro atoms. The summed E-state index contributed by atoms with van der Waals surface area (Å²) in [6.07, 6.45) is 0.718. The van der Waals surface area contributed by atoms with Crippen LogP contribution in [0.15, 0.2) is 18.2 Å². The van der Waals surface area contributed by atoms with Crippen LogP contribution in [0.5, 0.6) is 5.75 Å². The summed E-state index contributed by atoms with van der Waals surface area (Å²) in [5.74, 6) is -1.30. The molecule has 1 unspecified atom stereocenters. The van der Waals surface area contributed by atoms with Gasteiger partial charge in [0.25, 0.3) is 0 Å². The Labute approximate surface area is 123 Å². The number of anilines is 1. The largest absolute Gasteiger partial charge is 0.506 e. The molecular weight excluding hydrogens is 272 g/mol. The molecule has 1 aromatic carbocycles. The first-order valence-electron chi connectivity index (χ1n) is 6.95. The van der Waals surface area contributed by atoms with Crippen LogP contribution in [0.1, 0.15) is 30.6 Å². The van der Waals surface area contributed by atoms with Crippen LogP contribution in [0, 0.1) is 11.3 Å². The van der Waals surface area contributed by atoms with Crippen LogP contribution in [0.3, 0.4) is 0 Å². The third-order valence-electron chi connectivity index (χ3n) is 4.24. The van der Waals surface area contributed by atoms with Gasteiger partial charge in [-0.2, -0.15) is 0 Å². The van der Waals surface area contributed by atoms with E-state index < -0.39 is 11.4 Å². The van der Waals surface area contributed by atoms with E-state index in [-0.39, 0.29) is 28.8 Å². The molecule has 114 valence electrons. The monoisotopic (exact) mass is 292 g/mol. The summed E-state index contributed by atoms with van der Waals surface area (Å²) in [6.45, 7) is 5.32. The Hall–Kier alpha value is -2.08. The molecule has 0 aromatic heterocycles. The molecule has 1 saturated heterocycles. The van der Waals surface area contributed by atoms with E-state index in [9.17, 15) is 14.7 Å². The quantitative estimate of drug-likeness (QED) is 0.633. The average Bonchev–Trinajstić information content (AvgIpc) is 2.91. The number of aromatic hydroxyl groups is 1. The number of hydrogen-bond donors (Lipinski definition) is 4. The number of benzene rings is 1. The second-order valence-electron chi connectivity index (χ2n) is 5.73. The van der Waals surface area contributed by atoms with Crippen molar-refractivity contribution >= 4 is 17.6 Å². The number of carboxylic acid groups (broad SMARTS) is 1. The average molecular weight is 292 g/mol. The topological polar surface area (TPSA) is 98.7 Å². The summed E-state index contributed by atoms with van der Waals surface area (Å²) >= 11 is 0. The Kier molecular flexibility index (Phi) is 4.18. The van der Waals surface area contributed by atoms with Crippen molar-refractivity contribution in [2.45, 2.75) is 20.3 Å². The molecule has 1 aliphatic heterocycles. The Bertz CT molecular complexity index is 563. The molecule has 0 bridgehead atoms.